The van der Waals surface area contributed by atoms with Crippen molar-refractivity contribution in [3.8, 4) is 28.7 Å². The van der Waals surface area contributed by atoms with E-state index in [4.69, 9.17) is 42.6 Å². The van der Waals surface area contributed by atoms with Crippen LogP contribution in [0.3, 0.4) is 0 Å². The number of hydrogen-bond donors (Lipinski definition) is 10. The number of aliphatic hydroxyl groups is 10. The topological polar surface area (TPSA) is 453 Å². The van der Waals surface area contributed by atoms with Crippen molar-refractivity contribution in [3.63, 3.8) is 0 Å². The van der Waals surface area contributed by atoms with Crippen LogP contribution in [0.2, 0.25) is 0 Å². The summed E-state index contributed by atoms with van der Waals surface area (Å²) in [5.74, 6) is -1.66. The highest BCUT2D eigenvalue weighted by Gasteiger charge is 2.50. The van der Waals surface area contributed by atoms with E-state index in [0.717, 1.165) is 34.1 Å². The number of fused-ring (bicyclic) bond motifs is 4. The summed E-state index contributed by atoms with van der Waals surface area (Å²) in [4.78, 5) is 84.2. The summed E-state index contributed by atoms with van der Waals surface area (Å²) in [5, 5.41) is 129. The Morgan fingerprint density at radius 2 is 1.01 bits per heavy atom. The molecule has 0 spiro atoms. The molecule has 0 saturated carbocycles. The van der Waals surface area contributed by atoms with Crippen LogP contribution >= 0.6 is 0 Å². The zero-order chi connectivity index (χ0) is 64.6. The second kappa shape index (κ2) is 27.0. The SMILES string of the molecule is COc1cc2c(cc1OCCCOc1cc3c(cc1C)C(=O)N1CCC[C@H]1C(O)N3C(=O)OCc1ccc(O[C@@H]3O[C@H](CO)[C@H](O)[C@H](O)[C@H]3O)c([N+](=O)[O-])c1)N(C(=O)OCc1ccc(O[C@@H]3O[C@H](CO)[C@H](O)[C@H](O)[C@H]3O)c([N+](=O)[O-])c1)C(O)[C@@H]1CCCN1C2=O. The second-order valence-corrected chi connectivity index (χ2v) is 22.0. The lowest BCUT2D eigenvalue weighted by Crippen LogP contribution is -2.60. The van der Waals surface area contributed by atoms with Gasteiger partial charge in [0.15, 0.2) is 35.5 Å². The fourth-order valence-electron chi connectivity index (χ4n) is 11.7. The van der Waals surface area contributed by atoms with Gasteiger partial charge in [0, 0.05) is 43.8 Å². The molecule has 14 atom stereocenters. The van der Waals surface area contributed by atoms with Gasteiger partial charge in [-0.3, -0.25) is 29.8 Å². The molecule has 2 unspecified atom stereocenters. The number of ether oxygens (including phenoxy) is 9. The maximum absolute atomic E-state index is 14.2. The molecule has 0 bridgehead atoms. The monoisotopic (exact) mass is 1270 g/mol. The Kier molecular flexibility index (Phi) is 19.4. The highest BCUT2D eigenvalue weighted by molar-refractivity contribution is 6.07. The van der Waals surface area contributed by atoms with Gasteiger partial charge in [-0.15, -0.1) is 0 Å². The molecule has 0 radical (unpaired) electrons. The highest BCUT2D eigenvalue weighted by Crippen LogP contribution is 2.43. The van der Waals surface area contributed by atoms with Gasteiger partial charge < -0.3 is 103 Å². The number of aryl methyl sites for hydroxylation is 1. The number of benzene rings is 4. The standard InChI is InChI=1S/C57H66N6O27/c1-26-16-29-33(60(52(74)31-6-3-12-58(31)50(29)72)56(76)85-24-27-8-10-37(35(17-27)62(78)79)87-54-48(70)46(68)44(66)42(22-64)89-54)20-39(26)83-14-5-15-84-41-21-34-30(19-40(41)82-2)51(73)59-13-4-7-32(59)53(75)61(34)57(77)86-25-28-9-11-38(36(18-28)63(80)81)88-55-49(71)47(69)45(67)43(23-65)90-55/h8-11,16-21,31-32,42-49,52-55,64-71,74-75H,3-7,12-15,22-25H2,1-2H3/t31-,32-,42+,43+,44-,45-,46-,47-,48+,49+,52?,53?,54+,55+/m0/s1. The summed E-state index contributed by atoms with van der Waals surface area (Å²) in [6.45, 7) is -0.776. The molecule has 4 amide bonds. The van der Waals surface area contributed by atoms with E-state index in [9.17, 15) is 90.5 Å². The Morgan fingerprint density at radius 1 is 0.578 bits per heavy atom. The molecule has 10 N–H and O–H groups in total. The van der Waals surface area contributed by atoms with E-state index in [1.54, 1.807) is 6.92 Å². The number of nitro groups is 2. The van der Waals surface area contributed by atoms with Gasteiger partial charge in [-0.1, -0.05) is 12.1 Å². The number of amides is 4. The lowest BCUT2D eigenvalue weighted by molar-refractivity contribution is -0.387. The number of methoxy groups -OCH3 is 1. The molecule has 90 heavy (non-hydrogen) atoms. The molecule has 10 rings (SSSR count). The van der Waals surface area contributed by atoms with Gasteiger partial charge in [0.05, 0.1) is 78.0 Å². The van der Waals surface area contributed by atoms with Gasteiger partial charge >= 0.3 is 23.6 Å². The van der Waals surface area contributed by atoms with Crippen LogP contribution < -0.4 is 33.5 Å². The minimum atomic E-state index is -1.88. The smallest absolute Gasteiger partial charge is 0.416 e. The third-order valence-electron chi connectivity index (χ3n) is 16.4. The number of carbonyl (C=O) groups is 4. The summed E-state index contributed by atoms with van der Waals surface area (Å²) in [5.41, 5.74) is -1.03. The predicted octanol–water partition coefficient (Wildman–Crippen LogP) is 0.185. The number of aliphatic hydroxyl groups excluding tert-OH is 10. The van der Waals surface area contributed by atoms with Gasteiger partial charge in [-0.2, -0.15) is 0 Å². The number of carbonyl (C=O) groups excluding carboxylic acids is 4. The largest absolute Gasteiger partial charge is 0.493 e. The van der Waals surface area contributed by atoms with E-state index in [-0.39, 0.29) is 83.6 Å². The van der Waals surface area contributed by atoms with Gasteiger partial charge in [0.1, 0.15) is 67.8 Å². The van der Waals surface area contributed by atoms with Crippen LogP contribution in [0.4, 0.5) is 32.3 Å². The third kappa shape index (κ3) is 12.6. The Bertz CT molecular complexity index is 3370. The lowest BCUT2D eigenvalue weighted by atomic mass is 9.99. The van der Waals surface area contributed by atoms with Crippen LogP contribution in [0.1, 0.15) is 69.5 Å². The molecule has 6 aliphatic rings. The van der Waals surface area contributed by atoms with E-state index in [1.807, 2.05) is 0 Å². The predicted molar refractivity (Wildman–Crippen MR) is 300 cm³/mol. The van der Waals surface area contributed by atoms with E-state index < -0.39 is 169 Å². The summed E-state index contributed by atoms with van der Waals surface area (Å²) in [6.07, 6.45) is -20.9. The van der Waals surface area contributed by atoms with Crippen molar-refractivity contribution >= 4 is 46.8 Å². The zero-order valence-corrected chi connectivity index (χ0v) is 48.1. The molecule has 0 aliphatic carbocycles. The van der Waals surface area contributed by atoms with Crippen molar-refractivity contribution in [1.29, 1.82) is 0 Å². The molecule has 486 valence electrons. The van der Waals surface area contributed by atoms with Crippen molar-refractivity contribution < 1.29 is 123 Å². The van der Waals surface area contributed by atoms with Crippen molar-refractivity contribution in [1.82, 2.24) is 9.80 Å². The average Bonchev–Trinajstić information content (AvgIpc) is 1.68. The normalized spacial score (nSPS) is 28.0. The van der Waals surface area contributed by atoms with E-state index in [2.05, 4.69) is 0 Å². The number of rotatable bonds is 19. The Morgan fingerprint density at radius 3 is 1.44 bits per heavy atom. The zero-order valence-electron chi connectivity index (χ0n) is 48.1. The van der Waals surface area contributed by atoms with Crippen molar-refractivity contribution in [2.24, 2.45) is 0 Å². The van der Waals surface area contributed by atoms with Crippen molar-refractivity contribution in [2.75, 3.05) is 56.4 Å². The molecule has 33 nitrogen and oxygen atoms in total. The minimum absolute atomic E-state index is 0.0112. The molecular weight excluding hydrogens is 1200 g/mol. The van der Waals surface area contributed by atoms with Crippen LogP contribution in [0.5, 0.6) is 28.7 Å². The quantitative estimate of drug-likeness (QED) is 0.0340. The molecule has 4 aromatic carbocycles. The molecule has 33 heteroatoms. The van der Waals surface area contributed by atoms with E-state index in [0.29, 0.717) is 31.2 Å². The fraction of sp³-hybridized carbons (Fsp3) is 0.509. The Hall–Kier alpha value is -8.32. The highest BCUT2D eigenvalue weighted by atomic mass is 16.7. The van der Waals surface area contributed by atoms with Crippen molar-refractivity contribution in [2.45, 2.75) is 138 Å². The van der Waals surface area contributed by atoms with E-state index >= 15 is 0 Å². The molecule has 6 aliphatic heterocycles. The first-order valence-corrected chi connectivity index (χ1v) is 28.6. The van der Waals surface area contributed by atoms with Crippen LogP contribution in [0.15, 0.2) is 60.7 Å². The van der Waals surface area contributed by atoms with Crippen LogP contribution in [0, 0.1) is 27.2 Å². The fourth-order valence-corrected chi connectivity index (χ4v) is 11.7. The number of nitro benzene ring substituents is 2. The third-order valence-corrected chi connectivity index (χ3v) is 16.4. The first-order valence-electron chi connectivity index (χ1n) is 28.6. The van der Waals surface area contributed by atoms with Gasteiger partial charge in [0.2, 0.25) is 12.6 Å². The molecule has 4 saturated heterocycles. The molecule has 4 aromatic rings. The Labute approximate surface area is 510 Å². The summed E-state index contributed by atoms with van der Waals surface area (Å²) >= 11 is 0. The van der Waals surface area contributed by atoms with Gasteiger partial charge in [0.25, 0.3) is 11.8 Å². The first-order chi connectivity index (χ1) is 43.0. The molecule has 0 aromatic heterocycles. The minimum Gasteiger partial charge on any atom is -0.493 e. The summed E-state index contributed by atoms with van der Waals surface area (Å²) in [6, 6.07) is 10.6. The second-order valence-electron chi connectivity index (χ2n) is 22.0. The van der Waals surface area contributed by atoms with Gasteiger partial charge in [-0.05, 0) is 73.6 Å². The maximum atomic E-state index is 14.2. The number of hydrogen-bond acceptors (Lipinski definition) is 27. The van der Waals surface area contributed by atoms with Crippen LogP contribution in [-0.4, -0.2) is 227 Å². The molecule has 4 fully saturated rings. The lowest BCUT2D eigenvalue weighted by Gasteiger charge is -2.39. The molecular formula is C57H66N6O27. The number of nitrogens with zero attached hydrogens (tertiary/aromatic N) is 6. The summed E-state index contributed by atoms with van der Waals surface area (Å²) in [7, 11) is 1.32. The Balaban J connectivity index is 0.826. The van der Waals surface area contributed by atoms with Gasteiger partial charge in [-0.25, -0.2) is 19.4 Å². The van der Waals surface area contributed by atoms with E-state index in [1.165, 1.54) is 53.3 Å². The van der Waals surface area contributed by atoms with Crippen LogP contribution in [0.25, 0.3) is 0 Å². The summed E-state index contributed by atoms with van der Waals surface area (Å²) < 4.78 is 51.0. The van der Waals surface area contributed by atoms with Crippen LogP contribution in [-0.2, 0) is 32.2 Å². The molecule has 6 heterocycles. The van der Waals surface area contributed by atoms with Crippen molar-refractivity contribution in [3.05, 3.63) is 109 Å². The number of anilines is 2. The maximum Gasteiger partial charge on any atom is 0.416 e. The first kappa shape index (κ1) is 64.7. The average molecular weight is 1270 g/mol.